The third kappa shape index (κ3) is 4.26. The van der Waals surface area contributed by atoms with Crippen LogP contribution in [-0.4, -0.2) is 69.7 Å². The maximum atomic E-state index is 14.5. The van der Waals surface area contributed by atoms with E-state index in [9.17, 15) is 18.8 Å². The first-order valence-corrected chi connectivity index (χ1v) is 10.6. The summed E-state index contributed by atoms with van der Waals surface area (Å²) in [6.07, 6.45) is 1.58. The standard InChI is InChI=1S/C22H25FN8O3/c1-13(32)18-19-17(16(23)12-27-18)15(11-26-19)20(33)21(34)29-7-9-30(10-8-29)22(28-24)31(25)14-5-3-2-4-6-14/h2-6,11-12,22,26,28H,7-10,24-25H2,1H3. The third-order valence-corrected chi connectivity index (χ3v) is 5.85. The second kappa shape index (κ2) is 9.65. The second-order valence-corrected chi connectivity index (χ2v) is 7.90. The lowest BCUT2D eigenvalue weighted by Crippen LogP contribution is -2.65. The molecule has 4 rings (SSSR count). The van der Waals surface area contributed by atoms with Crippen molar-refractivity contribution in [1.82, 2.24) is 25.2 Å². The number of hydrogen-bond acceptors (Lipinski definition) is 9. The number of hydrazine groups is 2. The van der Waals surface area contributed by atoms with Gasteiger partial charge in [0, 0.05) is 39.3 Å². The Labute approximate surface area is 194 Å². The number of amides is 1. The predicted molar refractivity (Wildman–Crippen MR) is 123 cm³/mol. The molecule has 0 radical (unpaired) electrons. The van der Waals surface area contributed by atoms with E-state index in [0.717, 1.165) is 11.9 Å². The van der Waals surface area contributed by atoms with Crippen LogP contribution in [0.1, 0.15) is 27.8 Å². The van der Waals surface area contributed by atoms with Crippen molar-refractivity contribution in [2.45, 2.75) is 13.2 Å². The van der Waals surface area contributed by atoms with Crippen LogP contribution in [0.2, 0.25) is 0 Å². The van der Waals surface area contributed by atoms with Crippen molar-refractivity contribution in [3.05, 3.63) is 59.8 Å². The van der Waals surface area contributed by atoms with E-state index in [2.05, 4.69) is 15.4 Å². The summed E-state index contributed by atoms with van der Waals surface area (Å²) in [5.41, 5.74) is 3.38. The van der Waals surface area contributed by atoms with E-state index in [4.69, 9.17) is 11.7 Å². The fourth-order valence-corrected chi connectivity index (χ4v) is 4.09. The monoisotopic (exact) mass is 468 g/mol. The number of para-hydroxylation sites is 1. The van der Waals surface area contributed by atoms with Gasteiger partial charge in [-0.1, -0.05) is 18.2 Å². The second-order valence-electron chi connectivity index (χ2n) is 7.90. The SMILES string of the molecule is CC(=O)c1ncc(F)c2c(C(=O)C(=O)N3CCN(C(NN)N(N)c4ccccc4)CC3)c[nH]c12. The van der Waals surface area contributed by atoms with Gasteiger partial charge in [0.1, 0.15) is 5.69 Å². The summed E-state index contributed by atoms with van der Waals surface area (Å²) in [5.74, 6) is 9.17. The number of rotatable bonds is 7. The molecule has 1 aliphatic heterocycles. The minimum absolute atomic E-state index is 0.00148. The molecule has 1 aliphatic rings. The fourth-order valence-electron chi connectivity index (χ4n) is 4.09. The van der Waals surface area contributed by atoms with Crippen molar-refractivity contribution in [2.24, 2.45) is 11.7 Å². The van der Waals surface area contributed by atoms with Crippen molar-refractivity contribution >= 4 is 34.1 Å². The Morgan fingerprint density at radius 1 is 1.18 bits per heavy atom. The van der Waals surface area contributed by atoms with Crippen molar-refractivity contribution < 1.29 is 18.8 Å². The van der Waals surface area contributed by atoms with Gasteiger partial charge in [0.05, 0.1) is 28.4 Å². The molecular weight excluding hydrogens is 443 g/mol. The molecule has 0 saturated carbocycles. The molecule has 0 spiro atoms. The van der Waals surface area contributed by atoms with Crippen LogP contribution < -0.4 is 22.1 Å². The highest BCUT2D eigenvalue weighted by atomic mass is 19.1. The minimum atomic E-state index is -0.863. The Hall–Kier alpha value is -3.71. The molecule has 6 N–H and O–H groups in total. The molecule has 1 fully saturated rings. The number of hydrogen-bond donors (Lipinski definition) is 4. The summed E-state index contributed by atoms with van der Waals surface area (Å²) in [6.45, 7) is 2.58. The summed E-state index contributed by atoms with van der Waals surface area (Å²) >= 11 is 0. The summed E-state index contributed by atoms with van der Waals surface area (Å²) in [7, 11) is 0. The molecule has 3 heterocycles. The predicted octanol–water partition coefficient (Wildman–Crippen LogP) is 0.359. The third-order valence-electron chi connectivity index (χ3n) is 5.85. The normalized spacial score (nSPS) is 15.4. The van der Waals surface area contributed by atoms with E-state index in [1.165, 1.54) is 23.0 Å². The molecule has 1 atom stereocenters. The van der Waals surface area contributed by atoms with E-state index >= 15 is 0 Å². The number of nitrogens with one attached hydrogen (secondary N) is 2. The van der Waals surface area contributed by atoms with Gasteiger partial charge in [0.2, 0.25) is 0 Å². The number of nitrogens with zero attached hydrogens (tertiary/aromatic N) is 4. The molecule has 0 bridgehead atoms. The number of ketones is 2. The number of carbonyl (C=O) groups excluding carboxylic acids is 3. The molecule has 1 amide bonds. The Morgan fingerprint density at radius 2 is 1.85 bits per heavy atom. The molecule has 2 aromatic heterocycles. The van der Waals surface area contributed by atoms with Gasteiger partial charge in [0.15, 0.2) is 17.9 Å². The number of piperazine rings is 1. The highest BCUT2D eigenvalue weighted by molar-refractivity contribution is 6.45. The zero-order valence-electron chi connectivity index (χ0n) is 18.5. The highest BCUT2D eigenvalue weighted by Crippen LogP contribution is 2.25. The Morgan fingerprint density at radius 3 is 2.47 bits per heavy atom. The quantitative estimate of drug-likeness (QED) is 0.126. The van der Waals surface area contributed by atoms with E-state index in [-0.39, 0.29) is 41.0 Å². The number of aromatic amines is 1. The number of pyridine rings is 1. The largest absolute Gasteiger partial charge is 0.358 e. The average molecular weight is 468 g/mol. The number of Topliss-reactive ketones (excluding diaryl/α,β-unsaturated/α-hetero) is 2. The number of fused-ring (bicyclic) bond motifs is 1. The van der Waals surface area contributed by atoms with E-state index < -0.39 is 23.8 Å². The zero-order valence-corrected chi connectivity index (χ0v) is 18.5. The smallest absolute Gasteiger partial charge is 0.295 e. The first kappa shape index (κ1) is 23.4. The van der Waals surface area contributed by atoms with Gasteiger partial charge in [-0.25, -0.2) is 20.6 Å². The average Bonchev–Trinajstić information content (AvgIpc) is 3.30. The summed E-state index contributed by atoms with van der Waals surface area (Å²) < 4.78 is 14.5. The van der Waals surface area contributed by atoms with Crippen LogP contribution in [0.15, 0.2) is 42.7 Å². The van der Waals surface area contributed by atoms with Gasteiger partial charge in [-0.3, -0.25) is 30.1 Å². The Kier molecular flexibility index (Phi) is 6.65. The van der Waals surface area contributed by atoms with E-state index in [1.807, 2.05) is 35.2 Å². The van der Waals surface area contributed by atoms with Crippen LogP contribution in [0.5, 0.6) is 0 Å². The van der Waals surface area contributed by atoms with Crippen molar-refractivity contribution in [1.29, 1.82) is 0 Å². The number of halogens is 1. The molecular formula is C22H25FN8O3. The van der Waals surface area contributed by atoms with Gasteiger partial charge in [0.25, 0.3) is 11.7 Å². The van der Waals surface area contributed by atoms with Gasteiger partial charge in [-0.15, -0.1) is 0 Å². The van der Waals surface area contributed by atoms with Crippen molar-refractivity contribution in [2.75, 3.05) is 31.2 Å². The molecule has 3 aromatic rings. The zero-order chi connectivity index (χ0) is 24.4. The summed E-state index contributed by atoms with van der Waals surface area (Å²) in [4.78, 5) is 47.5. The number of benzene rings is 1. The lowest BCUT2D eigenvalue weighted by molar-refractivity contribution is -0.128. The minimum Gasteiger partial charge on any atom is -0.358 e. The Balaban J connectivity index is 1.47. The number of H-pyrrole nitrogens is 1. The van der Waals surface area contributed by atoms with Crippen molar-refractivity contribution in [3.63, 3.8) is 0 Å². The fraction of sp³-hybridized carbons (Fsp3) is 0.273. The summed E-state index contributed by atoms with van der Waals surface area (Å²) in [6, 6.07) is 9.27. The molecule has 0 aliphatic carbocycles. The van der Waals surface area contributed by atoms with Gasteiger partial charge < -0.3 is 9.88 Å². The van der Waals surface area contributed by atoms with Crippen LogP contribution in [0.3, 0.4) is 0 Å². The lowest BCUT2D eigenvalue weighted by atomic mass is 10.1. The molecule has 178 valence electrons. The number of anilines is 1. The van der Waals surface area contributed by atoms with Gasteiger partial charge >= 0.3 is 0 Å². The van der Waals surface area contributed by atoms with Crippen LogP contribution >= 0.6 is 0 Å². The molecule has 11 nitrogen and oxygen atoms in total. The number of aromatic nitrogens is 2. The van der Waals surface area contributed by atoms with E-state index in [1.54, 1.807) is 0 Å². The number of nitrogens with two attached hydrogens (primary N) is 2. The molecule has 34 heavy (non-hydrogen) atoms. The molecule has 1 unspecified atom stereocenters. The number of carbonyl (C=O) groups is 3. The topological polar surface area (TPSA) is 154 Å². The lowest BCUT2D eigenvalue weighted by Gasteiger charge is -2.42. The van der Waals surface area contributed by atoms with Crippen LogP contribution in [0.4, 0.5) is 10.1 Å². The first-order valence-electron chi connectivity index (χ1n) is 10.6. The molecule has 1 aromatic carbocycles. The van der Waals surface area contributed by atoms with Gasteiger partial charge in [-0.05, 0) is 12.1 Å². The van der Waals surface area contributed by atoms with Crippen LogP contribution in [0, 0.1) is 5.82 Å². The first-order chi connectivity index (χ1) is 16.3. The van der Waals surface area contributed by atoms with Crippen LogP contribution in [0.25, 0.3) is 10.9 Å². The summed E-state index contributed by atoms with van der Waals surface area (Å²) in [5, 5.41) is 1.36. The van der Waals surface area contributed by atoms with E-state index in [0.29, 0.717) is 13.1 Å². The Bertz CT molecular complexity index is 1220. The van der Waals surface area contributed by atoms with Gasteiger partial charge in [-0.2, -0.15) is 0 Å². The highest BCUT2D eigenvalue weighted by Gasteiger charge is 2.32. The molecule has 1 saturated heterocycles. The molecule has 12 heteroatoms. The maximum Gasteiger partial charge on any atom is 0.295 e. The van der Waals surface area contributed by atoms with Crippen LogP contribution in [-0.2, 0) is 4.79 Å². The maximum absolute atomic E-state index is 14.5. The van der Waals surface area contributed by atoms with Crippen molar-refractivity contribution in [3.8, 4) is 0 Å².